The Hall–Kier alpha value is -2.68. The molecule has 0 spiro atoms. The van der Waals surface area contributed by atoms with Gasteiger partial charge in [0.2, 0.25) is 0 Å². The molecule has 0 aliphatic heterocycles. The number of methoxy groups -OCH3 is 1. The first-order chi connectivity index (χ1) is 14.2. The zero-order valence-electron chi connectivity index (χ0n) is 17.8. The van der Waals surface area contributed by atoms with Gasteiger partial charge in [0.15, 0.2) is 0 Å². The number of ether oxygens (including phenoxy) is 1. The van der Waals surface area contributed by atoms with Crippen molar-refractivity contribution in [2.75, 3.05) is 13.7 Å². The van der Waals surface area contributed by atoms with Crippen molar-refractivity contribution < 1.29 is 9.84 Å². The zero-order chi connectivity index (χ0) is 20.7. The normalized spacial score (nSPS) is 12.8. The molecule has 1 aliphatic carbocycles. The molecule has 2 aromatic carbocycles. The van der Waals surface area contributed by atoms with Crippen LogP contribution in [0.3, 0.4) is 0 Å². The topological polar surface area (TPSA) is 29.5 Å². The maximum atomic E-state index is 9.10. The molecule has 3 rings (SSSR count). The highest BCUT2D eigenvalue weighted by Crippen LogP contribution is 2.54. The lowest BCUT2D eigenvalue weighted by atomic mass is 9.70. The van der Waals surface area contributed by atoms with Crippen molar-refractivity contribution in [3.05, 3.63) is 58.7 Å². The van der Waals surface area contributed by atoms with Crippen molar-refractivity contribution in [3.8, 4) is 35.0 Å². The second kappa shape index (κ2) is 9.69. The molecule has 1 aliphatic rings. The highest BCUT2D eigenvalue weighted by Gasteiger charge is 2.42. The van der Waals surface area contributed by atoms with Crippen LogP contribution < -0.4 is 0 Å². The van der Waals surface area contributed by atoms with Crippen LogP contribution in [0.15, 0.2) is 36.4 Å². The van der Waals surface area contributed by atoms with Gasteiger partial charge in [-0.05, 0) is 65.3 Å². The zero-order valence-corrected chi connectivity index (χ0v) is 17.8. The summed E-state index contributed by atoms with van der Waals surface area (Å²) in [5.74, 6) is 9.02. The van der Waals surface area contributed by atoms with Crippen LogP contribution in [-0.4, -0.2) is 18.8 Å². The van der Waals surface area contributed by atoms with E-state index in [0.717, 1.165) is 24.0 Å². The molecule has 0 radical (unpaired) electrons. The Morgan fingerprint density at radius 2 is 1.41 bits per heavy atom. The predicted molar refractivity (Wildman–Crippen MR) is 120 cm³/mol. The lowest BCUT2D eigenvalue weighted by Gasteiger charge is -2.33. The molecule has 0 saturated carbocycles. The largest absolute Gasteiger partial charge is 0.450 e. The third-order valence-electron chi connectivity index (χ3n) is 5.88. The van der Waals surface area contributed by atoms with E-state index in [4.69, 9.17) is 9.84 Å². The third kappa shape index (κ3) is 4.19. The number of rotatable bonds is 6. The fraction of sp³-hybridized carbons (Fsp3) is 0.407. The van der Waals surface area contributed by atoms with Crippen LogP contribution in [0.25, 0.3) is 11.1 Å². The molecule has 0 aromatic heterocycles. The smallest absolute Gasteiger partial charge is 0.115 e. The second-order valence-corrected chi connectivity index (χ2v) is 7.70. The number of aliphatic hydroxyl groups excluding tert-OH is 1. The number of benzene rings is 2. The lowest BCUT2D eigenvalue weighted by molar-refractivity contribution is 0.350. The number of hydrogen-bond donors (Lipinski definition) is 1. The van der Waals surface area contributed by atoms with Crippen LogP contribution in [0.5, 0.6) is 0 Å². The van der Waals surface area contributed by atoms with Gasteiger partial charge in [-0.3, -0.25) is 0 Å². The number of fused-ring (bicyclic) bond motifs is 3. The van der Waals surface area contributed by atoms with Crippen molar-refractivity contribution in [3.63, 3.8) is 0 Å². The minimum atomic E-state index is -0.115. The van der Waals surface area contributed by atoms with Gasteiger partial charge in [-0.15, -0.1) is 0 Å². The van der Waals surface area contributed by atoms with Gasteiger partial charge in [0.25, 0.3) is 0 Å². The first-order valence-corrected chi connectivity index (χ1v) is 10.6. The van der Waals surface area contributed by atoms with E-state index < -0.39 is 0 Å². The van der Waals surface area contributed by atoms with Crippen LogP contribution >= 0.6 is 0 Å². The maximum Gasteiger partial charge on any atom is 0.115 e. The summed E-state index contributed by atoms with van der Waals surface area (Å²) in [6.45, 7) is 4.40. The van der Waals surface area contributed by atoms with Crippen LogP contribution in [0.4, 0.5) is 0 Å². The molecule has 150 valence electrons. The Bertz CT molecular complexity index is 898. The molecule has 2 nitrogen and oxygen atoms in total. The Labute approximate surface area is 175 Å². The van der Waals surface area contributed by atoms with E-state index >= 15 is 0 Å². The molecule has 0 bridgehead atoms. The van der Waals surface area contributed by atoms with Crippen LogP contribution in [0.2, 0.25) is 0 Å². The van der Waals surface area contributed by atoms with E-state index in [2.05, 4.69) is 74.1 Å². The van der Waals surface area contributed by atoms with Gasteiger partial charge in [-0.25, -0.2) is 0 Å². The van der Waals surface area contributed by atoms with Gasteiger partial charge in [0.1, 0.15) is 12.7 Å². The SMILES string of the molecule is CCCCC1(CCCC)c2cc(C#CCO)ccc2-c2ccc(C#COC)cc21. The van der Waals surface area contributed by atoms with Crippen molar-refractivity contribution >= 4 is 0 Å². The highest BCUT2D eigenvalue weighted by molar-refractivity contribution is 5.82. The van der Waals surface area contributed by atoms with Gasteiger partial charge in [-0.1, -0.05) is 63.5 Å². The average Bonchev–Trinajstić information content (AvgIpc) is 3.02. The van der Waals surface area contributed by atoms with Crippen LogP contribution in [0, 0.1) is 23.9 Å². The molecule has 0 amide bonds. The fourth-order valence-electron chi connectivity index (χ4n) is 4.52. The Morgan fingerprint density at radius 1 is 0.862 bits per heavy atom. The third-order valence-corrected chi connectivity index (χ3v) is 5.88. The first kappa shape index (κ1) is 21.0. The lowest BCUT2D eigenvalue weighted by Crippen LogP contribution is -2.25. The summed E-state index contributed by atoms with van der Waals surface area (Å²) in [7, 11) is 1.60. The summed E-state index contributed by atoms with van der Waals surface area (Å²) in [6.07, 6.45) is 9.70. The summed E-state index contributed by atoms with van der Waals surface area (Å²) in [6, 6.07) is 13.1. The van der Waals surface area contributed by atoms with Crippen LogP contribution in [-0.2, 0) is 10.2 Å². The Kier molecular flexibility index (Phi) is 7.03. The van der Waals surface area contributed by atoms with Crippen molar-refractivity contribution in [1.82, 2.24) is 0 Å². The molecule has 2 aromatic rings. The fourth-order valence-corrected chi connectivity index (χ4v) is 4.52. The molecular formula is C27H30O2. The van der Waals surface area contributed by atoms with Gasteiger partial charge in [0.05, 0.1) is 7.11 Å². The van der Waals surface area contributed by atoms with Crippen molar-refractivity contribution in [1.29, 1.82) is 0 Å². The minimum Gasteiger partial charge on any atom is -0.450 e. The summed E-state index contributed by atoms with van der Waals surface area (Å²) in [5.41, 5.74) is 7.38. The van der Waals surface area contributed by atoms with Crippen molar-refractivity contribution in [2.45, 2.75) is 57.8 Å². The molecule has 0 fully saturated rings. The van der Waals surface area contributed by atoms with E-state index in [-0.39, 0.29) is 12.0 Å². The van der Waals surface area contributed by atoms with Gasteiger partial charge < -0.3 is 9.84 Å². The molecule has 0 unspecified atom stereocenters. The number of hydrogen-bond acceptors (Lipinski definition) is 2. The highest BCUT2D eigenvalue weighted by atomic mass is 16.5. The van der Waals surface area contributed by atoms with E-state index in [1.165, 1.54) is 47.9 Å². The standard InChI is InChI=1S/C27H30O2/c1-4-6-15-27(16-7-5-2)25-19-21(9-8-17-28)10-12-23(25)24-13-11-22(14-18-29-3)20-26(24)27/h10-13,19-20,28H,4-7,15-17H2,1-3H3. The van der Waals surface area contributed by atoms with Crippen LogP contribution in [0.1, 0.15) is 74.6 Å². The summed E-state index contributed by atoms with van der Waals surface area (Å²) in [4.78, 5) is 0. The molecule has 0 atom stereocenters. The van der Waals surface area contributed by atoms with E-state index in [9.17, 15) is 0 Å². The monoisotopic (exact) mass is 386 g/mol. The predicted octanol–water partition coefficient (Wildman–Crippen LogP) is 5.63. The Morgan fingerprint density at radius 3 is 1.90 bits per heavy atom. The van der Waals surface area contributed by atoms with Gasteiger partial charge >= 0.3 is 0 Å². The van der Waals surface area contributed by atoms with E-state index in [1.54, 1.807) is 7.11 Å². The molecule has 2 heteroatoms. The Balaban J connectivity index is 2.22. The second-order valence-electron chi connectivity index (χ2n) is 7.70. The summed E-state index contributed by atoms with van der Waals surface area (Å²) in [5, 5.41) is 9.10. The van der Waals surface area contributed by atoms with Gasteiger partial charge in [0, 0.05) is 16.5 Å². The maximum absolute atomic E-state index is 9.10. The molecule has 1 N–H and O–H groups in total. The number of aliphatic hydroxyl groups is 1. The first-order valence-electron chi connectivity index (χ1n) is 10.6. The molecule has 29 heavy (non-hydrogen) atoms. The van der Waals surface area contributed by atoms with E-state index in [1.807, 2.05) is 0 Å². The number of unbranched alkanes of at least 4 members (excludes halogenated alkanes) is 2. The van der Waals surface area contributed by atoms with Crippen molar-refractivity contribution in [2.24, 2.45) is 0 Å². The quantitative estimate of drug-likeness (QED) is 0.652. The summed E-state index contributed by atoms with van der Waals surface area (Å²) < 4.78 is 4.97. The molecular weight excluding hydrogens is 356 g/mol. The van der Waals surface area contributed by atoms with E-state index in [0.29, 0.717) is 0 Å². The minimum absolute atomic E-state index is 0.00163. The van der Waals surface area contributed by atoms with Gasteiger partial charge in [-0.2, -0.15) is 0 Å². The molecule has 0 saturated heterocycles. The summed E-state index contributed by atoms with van der Waals surface area (Å²) >= 11 is 0. The molecule has 0 heterocycles. The average molecular weight is 387 g/mol.